The summed E-state index contributed by atoms with van der Waals surface area (Å²) in [5.74, 6) is -0.325. The number of carbonyl (C=O) groups is 3. The number of anilines is 2. The van der Waals surface area contributed by atoms with Crippen LogP contribution in [-0.2, 0) is 9.59 Å². The van der Waals surface area contributed by atoms with Crippen molar-refractivity contribution in [3.05, 3.63) is 23.8 Å². The third-order valence-corrected chi connectivity index (χ3v) is 7.47. The molecule has 0 spiro atoms. The first-order valence-corrected chi connectivity index (χ1v) is 13.0. The summed E-state index contributed by atoms with van der Waals surface area (Å²) >= 11 is 0. The Hall–Kier alpha value is -2.65. The summed E-state index contributed by atoms with van der Waals surface area (Å²) in [6, 6.07) is 5.28. The number of carbonyl (C=O) groups excluding carboxylic acids is 3. The van der Waals surface area contributed by atoms with E-state index in [1.54, 1.807) is 25.1 Å². The minimum absolute atomic E-state index is 0.0229. The summed E-state index contributed by atoms with van der Waals surface area (Å²) in [5, 5.41) is 3.01. The highest BCUT2D eigenvalue weighted by Crippen LogP contribution is 2.40. The van der Waals surface area contributed by atoms with E-state index in [2.05, 4.69) is 26.9 Å². The number of rotatable bonds is 8. The van der Waals surface area contributed by atoms with E-state index in [4.69, 9.17) is 0 Å². The number of hydrogen-bond acceptors (Lipinski definition) is 6. The Balaban J connectivity index is 1.39. The van der Waals surface area contributed by atoms with Crippen LogP contribution in [0.5, 0.6) is 0 Å². The molecule has 3 aliphatic heterocycles. The van der Waals surface area contributed by atoms with Crippen molar-refractivity contribution >= 4 is 29.1 Å². The topological polar surface area (TPSA) is 79.4 Å². The van der Waals surface area contributed by atoms with Gasteiger partial charge in [-0.25, -0.2) is 0 Å². The van der Waals surface area contributed by atoms with Crippen LogP contribution in [-0.4, -0.2) is 111 Å². The molecule has 3 aliphatic rings. The molecule has 3 heterocycles. The fraction of sp³-hybridized carbons (Fsp3) is 0.654. The Morgan fingerprint density at radius 2 is 1.77 bits per heavy atom. The number of piperazine rings is 1. The minimum atomic E-state index is -0.235. The van der Waals surface area contributed by atoms with Gasteiger partial charge in [-0.2, -0.15) is 0 Å². The Labute approximate surface area is 209 Å². The zero-order chi connectivity index (χ0) is 24.9. The van der Waals surface area contributed by atoms with Crippen LogP contribution in [0, 0.1) is 0 Å². The van der Waals surface area contributed by atoms with E-state index in [1.165, 1.54) is 4.90 Å². The zero-order valence-corrected chi connectivity index (χ0v) is 21.5. The predicted molar refractivity (Wildman–Crippen MR) is 138 cm³/mol. The highest BCUT2D eigenvalue weighted by molar-refractivity contribution is 6.09. The molecule has 0 aliphatic carbocycles. The van der Waals surface area contributed by atoms with Crippen molar-refractivity contribution in [1.29, 1.82) is 0 Å². The maximum Gasteiger partial charge on any atom is 0.253 e. The number of nitrogens with zero attached hydrogens (tertiary/aromatic N) is 5. The average Bonchev–Trinajstić information content (AvgIpc) is 2.88. The molecule has 1 aromatic rings. The molecule has 4 rings (SSSR count). The van der Waals surface area contributed by atoms with E-state index in [0.717, 1.165) is 77.2 Å². The number of hydrogen-bond donors (Lipinski definition) is 1. The van der Waals surface area contributed by atoms with Crippen LogP contribution in [0.4, 0.5) is 11.4 Å². The molecule has 1 atom stereocenters. The third kappa shape index (κ3) is 5.78. The quantitative estimate of drug-likeness (QED) is 0.560. The van der Waals surface area contributed by atoms with Gasteiger partial charge in [0.1, 0.15) is 12.6 Å². The van der Waals surface area contributed by atoms with Crippen LogP contribution in [0.25, 0.3) is 0 Å². The largest absolute Gasteiger partial charge is 0.358 e. The number of benzene rings is 1. The molecule has 1 N–H and O–H groups in total. The van der Waals surface area contributed by atoms with Crippen LogP contribution in [0.15, 0.2) is 18.2 Å². The van der Waals surface area contributed by atoms with Crippen molar-refractivity contribution in [2.45, 2.75) is 38.6 Å². The van der Waals surface area contributed by atoms with Gasteiger partial charge in [-0.3, -0.25) is 19.3 Å². The van der Waals surface area contributed by atoms with Gasteiger partial charge in [-0.05, 0) is 57.0 Å². The highest BCUT2D eigenvalue weighted by Gasteiger charge is 2.40. The van der Waals surface area contributed by atoms with Gasteiger partial charge in [0, 0.05) is 58.9 Å². The molecule has 1 unspecified atom stereocenters. The maximum atomic E-state index is 13.5. The zero-order valence-electron chi connectivity index (χ0n) is 21.5. The van der Waals surface area contributed by atoms with E-state index in [1.807, 2.05) is 12.1 Å². The van der Waals surface area contributed by atoms with Crippen molar-refractivity contribution in [2.75, 3.05) is 82.8 Å². The normalized spacial score (nSPS) is 20.9. The Morgan fingerprint density at radius 3 is 2.49 bits per heavy atom. The van der Waals surface area contributed by atoms with Crippen LogP contribution >= 0.6 is 0 Å². The number of likely N-dealkylation sites (N-methyl/N-ethyl adjacent to an activating group) is 1. The fourth-order valence-electron chi connectivity index (χ4n) is 5.37. The molecule has 0 saturated carbocycles. The minimum Gasteiger partial charge on any atom is -0.358 e. The summed E-state index contributed by atoms with van der Waals surface area (Å²) in [4.78, 5) is 49.1. The van der Waals surface area contributed by atoms with Gasteiger partial charge in [0.25, 0.3) is 5.91 Å². The predicted octanol–water partition coefficient (Wildman–Crippen LogP) is 1.24. The summed E-state index contributed by atoms with van der Waals surface area (Å²) in [7, 11) is 3.42. The van der Waals surface area contributed by atoms with Crippen LogP contribution in [0.3, 0.4) is 0 Å². The lowest BCUT2D eigenvalue weighted by atomic mass is 9.95. The number of fused-ring (bicyclic) bond motifs is 3. The molecule has 2 saturated heterocycles. The average molecular weight is 485 g/mol. The molecule has 35 heavy (non-hydrogen) atoms. The standard InChI is InChI=1S/C26H40N6O3/c1-4-29-14-16-30(17-15-29)12-7-11-27-24(33)19-32-23-18-20(25(34)28(2)3)9-10-21(23)31-13-6-5-8-22(31)26(32)35/h9-10,18,22H,4-8,11-17,19H2,1-3H3,(H,27,33). The van der Waals surface area contributed by atoms with Crippen LogP contribution < -0.4 is 15.1 Å². The third-order valence-electron chi connectivity index (χ3n) is 7.47. The van der Waals surface area contributed by atoms with Crippen LogP contribution in [0.2, 0.25) is 0 Å². The van der Waals surface area contributed by atoms with Crippen molar-refractivity contribution in [2.24, 2.45) is 0 Å². The first-order chi connectivity index (χ1) is 16.9. The highest BCUT2D eigenvalue weighted by atomic mass is 16.2. The molecule has 1 aromatic carbocycles. The molecular formula is C26H40N6O3. The van der Waals surface area contributed by atoms with E-state index >= 15 is 0 Å². The van der Waals surface area contributed by atoms with Gasteiger partial charge >= 0.3 is 0 Å². The number of nitrogens with one attached hydrogen (secondary N) is 1. The molecule has 9 nitrogen and oxygen atoms in total. The van der Waals surface area contributed by atoms with Crippen molar-refractivity contribution < 1.29 is 14.4 Å². The second kappa shape index (κ2) is 11.4. The molecule has 0 bridgehead atoms. The Bertz CT molecular complexity index is 928. The first-order valence-electron chi connectivity index (χ1n) is 13.0. The maximum absolute atomic E-state index is 13.5. The SMILES string of the molecule is CCN1CCN(CCCNC(=O)CN2C(=O)C3CCCCN3c3ccc(C(=O)N(C)C)cc32)CC1. The summed E-state index contributed by atoms with van der Waals surface area (Å²) < 4.78 is 0. The molecule has 9 heteroatoms. The molecule has 0 radical (unpaired) electrons. The molecule has 3 amide bonds. The molecule has 192 valence electrons. The second-order valence-corrected chi connectivity index (χ2v) is 10.0. The lowest BCUT2D eigenvalue weighted by Crippen LogP contribution is -2.57. The number of piperidine rings is 1. The van der Waals surface area contributed by atoms with Gasteiger partial charge in [0.15, 0.2) is 0 Å². The lowest BCUT2D eigenvalue weighted by molar-refractivity contribution is -0.125. The monoisotopic (exact) mass is 484 g/mol. The van der Waals surface area contributed by atoms with Crippen molar-refractivity contribution in [3.63, 3.8) is 0 Å². The van der Waals surface area contributed by atoms with E-state index in [0.29, 0.717) is 17.8 Å². The van der Waals surface area contributed by atoms with Gasteiger partial charge in [0.05, 0.1) is 11.4 Å². The fourth-order valence-corrected chi connectivity index (χ4v) is 5.37. The lowest BCUT2D eigenvalue weighted by Gasteiger charge is -2.45. The molecule has 2 fully saturated rings. The van der Waals surface area contributed by atoms with Gasteiger partial charge in [-0.15, -0.1) is 0 Å². The Kier molecular flexibility index (Phi) is 8.28. The van der Waals surface area contributed by atoms with Crippen LogP contribution in [0.1, 0.15) is 43.0 Å². The Morgan fingerprint density at radius 1 is 1.03 bits per heavy atom. The van der Waals surface area contributed by atoms with Crippen molar-refractivity contribution in [1.82, 2.24) is 20.0 Å². The summed E-state index contributed by atoms with van der Waals surface area (Å²) in [6.45, 7) is 10.0. The second-order valence-electron chi connectivity index (χ2n) is 10.0. The van der Waals surface area contributed by atoms with E-state index < -0.39 is 0 Å². The molecular weight excluding hydrogens is 444 g/mol. The summed E-state index contributed by atoms with van der Waals surface area (Å²) in [5.41, 5.74) is 2.11. The van der Waals surface area contributed by atoms with Crippen molar-refractivity contribution in [3.8, 4) is 0 Å². The van der Waals surface area contributed by atoms with Gasteiger partial charge in [-0.1, -0.05) is 6.92 Å². The van der Waals surface area contributed by atoms with Gasteiger partial charge < -0.3 is 24.9 Å². The smallest absolute Gasteiger partial charge is 0.253 e. The van der Waals surface area contributed by atoms with E-state index in [9.17, 15) is 14.4 Å². The first kappa shape index (κ1) is 25.4. The summed E-state index contributed by atoms with van der Waals surface area (Å²) in [6.07, 6.45) is 3.72. The number of amides is 3. The van der Waals surface area contributed by atoms with Gasteiger partial charge in [0.2, 0.25) is 11.8 Å². The van der Waals surface area contributed by atoms with E-state index in [-0.39, 0.29) is 30.3 Å². The molecule has 0 aromatic heterocycles.